The molecule has 1 aromatic heterocycles. The predicted octanol–water partition coefficient (Wildman–Crippen LogP) is 0.658. The topological polar surface area (TPSA) is 85.1 Å². The Kier molecular flexibility index (Phi) is 3.81. The Morgan fingerprint density at radius 1 is 1.20 bits per heavy atom. The summed E-state index contributed by atoms with van der Waals surface area (Å²) in [6.07, 6.45) is 5.67. The van der Waals surface area contributed by atoms with Crippen LogP contribution in [0.2, 0.25) is 0 Å². The SMILES string of the molecule is O=S1(=O)CCCCC1Cc1nnc2n1C(CO)CCC2. The van der Waals surface area contributed by atoms with E-state index in [4.69, 9.17) is 0 Å². The van der Waals surface area contributed by atoms with Gasteiger partial charge in [-0.3, -0.25) is 0 Å². The second kappa shape index (κ2) is 5.44. The van der Waals surface area contributed by atoms with E-state index in [1.807, 2.05) is 4.57 Å². The lowest BCUT2D eigenvalue weighted by atomic mass is 10.0. The second-order valence-corrected chi connectivity index (χ2v) is 8.22. The first-order chi connectivity index (χ1) is 9.62. The summed E-state index contributed by atoms with van der Waals surface area (Å²) in [4.78, 5) is 0. The minimum Gasteiger partial charge on any atom is -0.394 e. The molecular formula is C13H21N3O3S. The molecular weight excluding hydrogens is 278 g/mol. The van der Waals surface area contributed by atoms with Crippen LogP contribution in [0.15, 0.2) is 0 Å². The molecule has 2 atom stereocenters. The summed E-state index contributed by atoms with van der Waals surface area (Å²) in [5.74, 6) is 1.91. The Hall–Kier alpha value is -0.950. The third-order valence-electron chi connectivity index (χ3n) is 4.47. The van der Waals surface area contributed by atoms with E-state index in [9.17, 15) is 13.5 Å². The van der Waals surface area contributed by atoms with Crippen molar-refractivity contribution in [2.45, 2.75) is 56.2 Å². The van der Waals surface area contributed by atoms with Crippen LogP contribution in [0.3, 0.4) is 0 Å². The first-order valence-electron chi connectivity index (χ1n) is 7.37. The fraction of sp³-hybridized carbons (Fsp3) is 0.846. The van der Waals surface area contributed by atoms with Gasteiger partial charge in [0.25, 0.3) is 0 Å². The van der Waals surface area contributed by atoms with Crippen molar-refractivity contribution >= 4 is 9.84 Å². The summed E-state index contributed by atoms with van der Waals surface area (Å²) in [7, 11) is -2.99. The highest BCUT2D eigenvalue weighted by Crippen LogP contribution is 2.28. The minimum atomic E-state index is -2.99. The number of aryl methyl sites for hydroxylation is 1. The fourth-order valence-corrected chi connectivity index (χ4v) is 5.21. The zero-order valence-corrected chi connectivity index (χ0v) is 12.3. The molecule has 1 N–H and O–H groups in total. The highest BCUT2D eigenvalue weighted by molar-refractivity contribution is 7.92. The van der Waals surface area contributed by atoms with Crippen LogP contribution >= 0.6 is 0 Å². The van der Waals surface area contributed by atoms with Gasteiger partial charge in [-0.25, -0.2) is 8.42 Å². The molecule has 0 aliphatic carbocycles. The van der Waals surface area contributed by atoms with Crippen molar-refractivity contribution in [2.24, 2.45) is 0 Å². The van der Waals surface area contributed by atoms with Crippen molar-refractivity contribution in [3.05, 3.63) is 11.6 Å². The zero-order valence-electron chi connectivity index (χ0n) is 11.5. The lowest BCUT2D eigenvalue weighted by molar-refractivity contribution is 0.203. The van der Waals surface area contributed by atoms with Crippen LogP contribution in [0, 0.1) is 0 Å². The molecule has 1 aromatic rings. The molecule has 20 heavy (non-hydrogen) atoms. The van der Waals surface area contributed by atoms with E-state index < -0.39 is 9.84 Å². The highest BCUT2D eigenvalue weighted by atomic mass is 32.2. The molecule has 0 aromatic carbocycles. The van der Waals surface area contributed by atoms with Gasteiger partial charge in [-0.1, -0.05) is 6.42 Å². The van der Waals surface area contributed by atoms with E-state index in [-0.39, 0.29) is 17.9 Å². The maximum Gasteiger partial charge on any atom is 0.153 e. The first kappa shape index (κ1) is 14.0. The van der Waals surface area contributed by atoms with Gasteiger partial charge in [0.1, 0.15) is 11.6 Å². The summed E-state index contributed by atoms with van der Waals surface area (Å²) in [5.41, 5.74) is 0. The van der Waals surface area contributed by atoms with Crippen LogP contribution in [0.5, 0.6) is 0 Å². The Balaban J connectivity index is 1.86. The van der Waals surface area contributed by atoms with Crippen molar-refractivity contribution in [2.75, 3.05) is 12.4 Å². The summed E-state index contributed by atoms with van der Waals surface area (Å²) >= 11 is 0. The average Bonchev–Trinajstić information content (AvgIpc) is 2.84. The maximum absolute atomic E-state index is 12.1. The molecule has 2 aliphatic heterocycles. The highest BCUT2D eigenvalue weighted by Gasteiger charge is 2.32. The van der Waals surface area contributed by atoms with E-state index in [1.165, 1.54) is 0 Å². The summed E-state index contributed by atoms with van der Waals surface area (Å²) in [5, 5.41) is 17.5. The lowest BCUT2D eigenvalue weighted by Gasteiger charge is -2.26. The van der Waals surface area contributed by atoms with Crippen LogP contribution < -0.4 is 0 Å². The molecule has 112 valence electrons. The monoisotopic (exact) mass is 299 g/mol. The van der Waals surface area contributed by atoms with Crippen LogP contribution in [0.25, 0.3) is 0 Å². The molecule has 1 saturated heterocycles. The van der Waals surface area contributed by atoms with E-state index in [0.717, 1.165) is 43.8 Å². The predicted molar refractivity (Wildman–Crippen MR) is 74.2 cm³/mol. The lowest BCUT2D eigenvalue weighted by Crippen LogP contribution is -2.32. The number of sulfone groups is 1. The van der Waals surface area contributed by atoms with Gasteiger partial charge >= 0.3 is 0 Å². The largest absolute Gasteiger partial charge is 0.394 e. The fourth-order valence-electron chi connectivity index (χ4n) is 3.34. The van der Waals surface area contributed by atoms with Gasteiger partial charge in [-0.15, -0.1) is 10.2 Å². The number of hydrogen-bond acceptors (Lipinski definition) is 5. The third-order valence-corrected chi connectivity index (χ3v) is 6.75. The van der Waals surface area contributed by atoms with Crippen LogP contribution in [0.4, 0.5) is 0 Å². The van der Waals surface area contributed by atoms with Gasteiger partial charge in [0.05, 0.1) is 23.7 Å². The summed E-state index contributed by atoms with van der Waals surface area (Å²) in [6, 6.07) is 0.00930. The molecule has 3 heterocycles. The van der Waals surface area contributed by atoms with E-state index in [2.05, 4.69) is 10.2 Å². The Bertz CT molecular complexity index is 582. The number of aliphatic hydroxyl groups is 1. The van der Waals surface area contributed by atoms with Gasteiger partial charge in [0, 0.05) is 12.8 Å². The molecule has 2 unspecified atom stereocenters. The number of fused-ring (bicyclic) bond motifs is 1. The summed E-state index contributed by atoms with van der Waals surface area (Å²) < 4.78 is 26.2. The van der Waals surface area contributed by atoms with Gasteiger partial charge < -0.3 is 9.67 Å². The molecule has 0 amide bonds. The van der Waals surface area contributed by atoms with Crippen LogP contribution in [0.1, 0.15) is 49.8 Å². The van der Waals surface area contributed by atoms with Gasteiger partial charge in [-0.2, -0.15) is 0 Å². The number of nitrogens with zero attached hydrogens (tertiary/aromatic N) is 3. The van der Waals surface area contributed by atoms with Crippen molar-refractivity contribution in [1.82, 2.24) is 14.8 Å². The zero-order chi connectivity index (χ0) is 14.2. The molecule has 2 aliphatic rings. The molecule has 7 heteroatoms. The molecule has 0 saturated carbocycles. The van der Waals surface area contributed by atoms with E-state index >= 15 is 0 Å². The molecule has 0 spiro atoms. The Morgan fingerprint density at radius 3 is 2.80 bits per heavy atom. The van der Waals surface area contributed by atoms with Gasteiger partial charge in [0.2, 0.25) is 0 Å². The van der Waals surface area contributed by atoms with Crippen molar-refractivity contribution in [1.29, 1.82) is 0 Å². The molecule has 1 fully saturated rings. The average molecular weight is 299 g/mol. The first-order valence-corrected chi connectivity index (χ1v) is 9.08. The Morgan fingerprint density at radius 2 is 2.05 bits per heavy atom. The molecule has 0 radical (unpaired) electrons. The standard InChI is InChI=1S/C13H21N3O3S/c17-9-10-4-3-6-12-14-15-13(16(10)12)8-11-5-1-2-7-20(11,18)19/h10-11,17H,1-9H2. The molecule has 6 nitrogen and oxygen atoms in total. The molecule has 3 rings (SSSR count). The number of hydrogen-bond donors (Lipinski definition) is 1. The van der Waals surface area contributed by atoms with Gasteiger partial charge in [-0.05, 0) is 25.7 Å². The quantitative estimate of drug-likeness (QED) is 0.886. The van der Waals surface area contributed by atoms with Crippen molar-refractivity contribution in [3.63, 3.8) is 0 Å². The van der Waals surface area contributed by atoms with E-state index in [0.29, 0.717) is 18.6 Å². The van der Waals surface area contributed by atoms with Crippen LogP contribution in [-0.4, -0.2) is 45.9 Å². The minimum absolute atomic E-state index is 0.00930. The van der Waals surface area contributed by atoms with E-state index in [1.54, 1.807) is 0 Å². The Labute approximate surface area is 119 Å². The smallest absolute Gasteiger partial charge is 0.153 e. The normalized spacial score (nSPS) is 29.1. The maximum atomic E-state index is 12.1. The van der Waals surface area contributed by atoms with Gasteiger partial charge in [0.15, 0.2) is 9.84 Å². The van der Waals surface area contributed by atoms with Crippen molar-refractivity contribution in [3.8, 4) is 0 Å². The second-order valence-electron chi connectivity index (χ2n) is 5.82. The summed E-state index contributed by atoms with van der Waals surface area (Å²) in [6.45, 7) is 0.0649. The molecule has 0 bridgehead atoms. The number of aliphatic hydroxyl groups excluding tert-OH is 1. The third kappa shape index (κ3) is 2.48. The number of aromatic nitrogens is 3. The number of rotatable bonds is 3. The van der Waals surface area contributed by atoms with Crippen LogP contribution in [-0.2, 0) is 22.7 Å². The van der Waals surface area contributed by atoms with Crippen molar-refractivity contribution < 1.29 is 13.5 Å².